The number of aromatic hydroxyl groups is 1. The maximum absolute atomic E-state index is 11.1. The molecule has 0 aliphatic rings. The Labute approximate surface area is 110 Å². The Morgan fingerprint density at radius 1 is 1.37 bits per heavy atom. The number of rotatable bonds is 4. The number of carboxylic acids is 1. The topological polar surface area (TPSA) is 83.3 Å². The molecule has 1 aromatic heterocycles. The highest BCUT2D eigenvalue weighted by atomic mass is 16.4. The molecule has 0 bridgehead atoms. The van der Waals surface area contributed by atoms with Crippen molar-refractivity contribution in [2.45, 2.75) is 19.8 Å². The molecule has 98 valence electrons. The Morgan fingerprint density at radius 2 is 2.16 bits per heavy atom. The minimum atomic E-state index is -1.02. The highest BCUT2D eigenvalue weighted by Crippen LogP contribution is 2.21. The molecule has 1 heterocycles. The van der Waals surface area contributed by atoms with Crippen molar-refractivity contribution in [1.29, 1.82) is 0 Å². The van der Waals surface area contributed by atoms with Crippen LogP contribution >= 0.6 is 0 Å². The van der Waals surface area contributed by atoms with E-state index in [1.54, 1.807) is 24.3 Å². The maximum atomic E-state index is 11.1. The predicted octanol–water partition coefficient (Wildman–Crippen LogP) is 2.50. The molecular formula is C14H14N2O3. The van der Waals surface area contributed by atoms with Gasteiger partial charge in [0.1, 0.15) is 5.75 Å². The summed E-state index contributed by atoms with van der Waals surface area (Å²) in [5.41, 5.74) is 1.31. The number of carboxylic acid groups (broad SMARTS) is 1. The lowest BCUT2D eigenvalue weighted by atomic mass is 10.1. The number of benzene rings is 1. The van der Waals surface area contributed by atoms with Crippen molar-refractivity contribution in [3.05, 3.63) is 41.7 Å². The Morgan fingerprint density at radius 3 is 2.79 bits per heavy atom. The first-order chi connectivity index (χ1) is 9.11. The van der Waals surface area contributed by atoms with Gasteiger partial charge in [0, 0.05) is 11.8 Å². The van der Waals surface area contributed by atoms with Crippen LogP contribution in [0.3, 0.4) is 0 Å². The normalized spacial score (nSPS) is 10.4. The first-order valence-electron chi connectivity index (χ1n) is 6.00. The molecule has 2 aromatic rings. The molecule has 0 aliphatic heterocycles. The zero-order valence-electron chi connectivity index (χ0n) is 10.5. The number of aromatic nitrogens is 2. The van der Waals surface area contributed by atoms with Gasteiger partial charge in [-0.05, 0) is 18.6 Å². The Balaban J connectivity index is 2.48. The lowest BCUT2D eigenvalue weighted by Crippen LogP contribution is -2.07. The van der Waals surface area contributed by atoms with Gasteiger partial charge >= 0.3 is 5.97 Å². The molecule has 2 N–H and O–H groups in total. The molecule has 5 nitrogen and oxygen atoms in total. The lowest BCUT2D eigenvalue weighted by Gasteiger charge is -2.07. The van der Waals surface area contributed by atoms with E-state index in [1.165, 1.54) is 6.20 Å². The van der Waals surface area contributed by atoms with Crippen molar-refractivity contribution in [3.8, 4) is 17.1 Å². The van der Waals surface area contributed by atoms with Crippen molar-refractivity contribution in [2.24, 2.45) is 0 Å². The maximum Gasteiger partial charge on any atom is 0.339 e. The molecule has 0 saturated carbocycles. The van der Waals surface area contributed by atoms with E-state index in [0.29, 0.717) is 23.5 Å². The molecule has 0 radical (unpaired) electrons. The average Bonchev–Trinajstić information content (AvgIpc) is 2.39. The number of hydrogen-bond acceptors (Lipinski definition) is 4. The Bertz CT molecular complexity index is 611. The number of nitrogens with zero attached hydrogens (tertiary/aromatic N) is 2. The third-order valence-corrected chi connectivity index (χ3v) is 2.69. The van der Waals surface area contributed by atoms with Gasteiger partial charge in [0.2, 0.25) is 0 Å². The third-order valence-electron chi connectivity index (χ3n) is 2.69. The Kier molecular flexibility index (Phi) is 3.75. The standard InChI is InChI=1S/C14H14N2O3/c1-2-4-12-11(14(18)19)8-15-13(16-12)9-5-3-6-10(17)7-9/h3,5-8,17H,2,4H2,1H3,(H,18,19). The number of phenols is 1. The van der Waals surface area contributed by atoms with Gasteiger partial charge < -0.3 is 10.2 Å². The Hall–Kier alpha value is -2.43. The third kappa shape index (κ3) is 2.88. The summed E-state index contributed by atoms with van der Waals surface area (Å²) in [6.07, 6.45) is 2.70. The van der Waals surface area contributed by atoms with E-state index in [0.717, 1.165) is 6.42 Å². The van der Waals surface area contributed by atoms with Gasteiger partial charge in [0.15, 0.2) is 5.82 Å². The van der Waals surface area contributed by atoms with Gasteiger partial charge in [0.05, 0.1) is 11.3 Å². The van der Waals surface area contributed by atoms with Crippen LogP contribution in [0.4, 0.5) is 0 Å². The van der Waals surface area contributed by atoms with Crippen molar-refractivity contribution < 1.29 is 15.0 Å². The van der Waals surface area contributed by atoms with Gasteiger partial charge in [-0.1, -0.05) is 25.5 Å². The van der Waals surface area contributed by atoms with E-state index >= 15 is 0 Å². The summed E-state index contributed by atoms with van der Waals surface area (Å²) in [5.74, 6) is -0.476. The van der Waals surface area contributed by atoms with Crippen LogP contribution in [0.2, 0.25) is 0 Å². The summed E-state index contributed by atoms with van der Waals surface area (Å²) in [4.78, 5) is 19.4. The molecule has 0 saturated heterocycles. The van der Waals surface area contributed by atoms with Crippen LogP contribution in [0.25, 0.3) is 11.4 Å². The molecule has 2 rings (SSSR count). The monoisotopic (exact) mass is 258 g/mol. The summed E-state index contributed by atoms with van der Waals surface area (Å²) in [7, 11) is 0. The number of hydrogen-bond donors (Lipinski definition) is 2. The molecular weight excluding hydrogens is 244 g/mol. The van der Waals surface area contributed by atoms with Gasteiger partial charge in [-0.3, -0.25) is 0 Å². The van der Waals surface area contributed by atoms with E-state index in [4.69, 9.17) is 5.11 Å². The van der Waals surface area contributed by atoms with Crippen molar-refractivity contribution in [1.82, 2.24) is 9.97 Å². The van der Waals surface area contributed by atoms with Crippen LogP contribution in [0.5, 0.6) is 5.75 Å². The van der Waals surface area contributed by atoms with E-state index < -0.39 is 5.97 Å². The van der Waals surface area contributed by atoms with E-state index in [-0.39, 0.29) is 11.3 Å². The molecule has 19 heavy (non-hydrogen) atoms. The van der Waals surface area contributed by atoms with Gasteiger partial charge in [-0.15, -0.1) is 0 Å². The molecule has 0 fully saturated rings. The van der Waals surface area contributed by atoms with Gasteiger partial charge in [-0.25, -0.2) is 14.8 Å². The first-order valence-corrected chi connectivity index (χ1v) is 6.00. The fraction of sp³-hybridized carbons (Fsp3) is 0.214. The van der Waals surface area contributed by atoms with Crippen molar-refractivity contribution in [3.63, 3.8) is 0 Å². The quantitative estimate of drug-likeness (QED) is 0.880. The van der Waals surface area contributed by atoms with Crippen molar-refractivity contribution >= 4 is 5.97 Å². The number of phenolic OH excluding ortho intramolecular Hbond substituents is 1. The summed E-state index contributed by atoms with van der Waals surface area (Å²) >= 11 is 0. The van der Waals surface area contributed by atoms with Gasteiger partial charge in [0.25, 0.3) is 0 Å². The van der Waals surface area contributed by atoms with E-state index in [1.807, 2.05) is 6.92 Å². The molecule has 0 atom stereocenters. The predicted molar refractivity (Wildman–Crippen MR) is 70.1 cm³/mol. The van der Waals surface area contributed by atoms with E-state index in [2.05, 4.69) is 9.97 Å². The molecule has 0 aliphatic carbocycles. The van der Waals surface area contributed by atoms with Crippen LogP contribution in [-0.2, 0) is 6.42 Å². The fourth-order valence-corrected chi connectivity index (χ4v) is 1.81. The second kappa shape index (κ2) is 5.48. The number of aryl methyl sites for hydroxylation is 1. The fourth-order valence-electron chi connectivity index (χ4n) is 1.81. The lowest BCUT2D eigenvalue weighted by molar-refractivity contribution is 0.0694. The highest BCUT2D eigenvalue weighted by molar-refractivity contribution is 5.88. The molecule has 0 unspecified atom stereocenters. The van der Waals surface area contributed by atoms with Crippen LogP contribution in [0.1, 0.15) is 29.4 Å². The summed E-state index contributed by atoms with van der Waals surface area (Å²) in [6.45, 7) is 1.96. The smallest absolute Gasteiger partial charge is 0.339 e. The molecule has 1 aromatic carbocycles. The van der Waals surface area contributed by atoms with Crippen LogP contribution in [0.15, 0.2) is 30.5 Å². The summed E-state index contributed by atoms with van der Waals surface area (Å²) < 4.78 is 0. The zero-order valence-corrected chi connectivity index (χ0v) is 10.5. The molecule has 5 heteroatoms. The van der Waals surface area contributed by atoms with E-state index in [9.17, 15) is 9.90 Å². The van der Waals surface area contributed by atoms with Crippen LogP contribution in [0, 0.1) is 0 Å². The highest BCUT2D eigenvalue weighted by Gasteiger charge is 2.13. The number of aromatic carboxylic acids is 1. The second-order valence-electron chi connectivity index (χ2n) is 4.16. The summed E-state index contributed by atoms with van der Waals surface area (Å²) in [5, 5.41) is 18.5. The zero-order chi connectivity index (χ0) is 13.8. The van der Waals surface area contributed by atoms with Gasteiger partial charge in [-0.2, -0.15) is 0 Å². The average molecular weight is 258 g/mol. The van der Waals surface area contributed by atoms with Crippen LogP contribution < -0.4 is 0 Å². The minimum Gasteiger partial charge on any atom is -0.508 e. The van der Waals surface area contributed by atoms with Crippen molar-refractivity contribution in [2.75, 3.05) is 0 Å². The largest absolute Gasteiger partial charge is 0.508 e. The summed E-state index contributed by atoms with van der Waals surface area (Å²) in [6, 6.07) is 6.57. The number of carbonyl (C=O) groups is 1. The first kappa shape index (κ1) is 13.0. The second-order valence-corrected chi connectivity index (χ2v) is 4.16. The SMILES string of the molecule is CCCc1nc(-c2cccc(O)c2)ncc1C(=O)O. The molecule has 0 spiro atoms. The molecule has 0 amide bonds. The van der Waals surface area contributed by atoms with Crippen LogP contribution in [-0.4, -0.2) is 26.2 Å². The minimum absolute atomic E-state index is 0.125.